The van der Waals surface area contributed by atoms with Crippen molar-refractivity contribution in [1.29, 1.82) is 0 Å². The van der Waals surface area contributed by atoms with E-state index in [-0.39, 0.29) is 11.6 Å². The molecule has 3 aromatic carbocycles. The summed E-state index contributed by atoms with van der Waals surface area (Å²) in [6.45, 7) is 6.12. The van der Waals surface area contributed by atoms with Crippen molar-refractivity contribution in [1.82, 2.24) is 5.32 Å². The summed E-state index contributed by atoms with van der Waals surface area (Å²) < 4.78 is 91.5. The van der Waals surface area contributed by atoms with Gasteiger partial charge in [-0.1, -0.05) is 60.7 Å². The molecule has 0 aliphatic rings. The largest absolute Gasteiger partial charge is 0.444 e. The highest BCUT2D eigenvalue weighted by atomic mass is 19.4. The Bertz CT molecular complexity index is 1180. The second-order valence-electron chi connectivity index (χ2n) is 10.4. The fourth-order valence-corrected chi connectivity index (χ4v) is 4.28. The SMILES string of the molecule is CC(OCc1cc(C(F)(F)F)cc(C(F)(F)F)c1)C(NC(=O)OC(C)(C)C)C(c1ccccc1)c1ccccc1. The summed E-state index contributed by atoms with van der Waals surface area (Å²) in [6.07, 6.45) is -11.6. The first-order valence-corrected chi connectivity index (χ1v) is 12.5. The Balaban J connectivity index is 1.99. The van der Waals surface area contributed by atoms with Crippen molar-refractivity contribution >= 4 is 6.09 Å². The lowest BCUT2D eigenvalue weighted by Crippen LogP contribution is -2.49. The van der Waals surface area contributed by atoms with E-state index in [2.05, 4.69) is 5.32 Å². The molecule has 4 nitrogen and oxygen atoms in total. The highest BCUT2D eigenvalue weighted by Gasteiger charge is 2.37. The third kappa shape index (κ3) is 8.74. The molecule has 216 valence electrons. The van der Waals surface area contributed by atoms with Crippen molar-refractivity contribution in [3.05, 3.63) is 107 Å². The number of nitrogens with one attached hydrogen (secondary N) is 1. The highest BCUT2D eigenvalue weighted by molar-refractivity contribution is 5.68. The van der Waals surface area contributed by atoms with Crippen LogP contribution in [0.5, 0.6) is 0 Å². The zero-order chi connectivity index (χ0) is 29.7. The molecule has 3 rings (SSSR count). The molecule has 0 spiro atoms. The lowest BCUT2D eigenvalue weighted by Gasteiger charge is -2.34. The van der Waals surface area contributed by atoms with Crippen LogP contribution in [0, 0.1) is 0 Å². The van der Waals surface area contributed by atoms with E-state index in [1.165, 1.54) is 0 Å². The van der Waals surface area contributed by atoms with Crippen LogP contribution in [0.25, 0.3) is 0 Å². The van der Waals surface area contributed by atoms with Gasteiger partial charge in [-0.3, -0.25) is 0 Å². The van der Waals surface area contributed by atoms with Crippen molar-refractivity contribution < 1.29 is 40.6 Å². The molecule has 1 N–H and O–H groups in total. The minimum Gasteiger partial charge on any atom is -0.444 e. The first kappa shape index (κ1) is 31.0. The van der Waals surface area contributed by atoms with E-state index >= 15 is 0 Å². The van der Waals surface area contributed by atoms with Crippen molar-refractivity contribution in [3.63, 3.8) is 0 Å². The molecule has 40 heavy (non-hydrogen) atoms. The van der Waals surface area contributed by atoms with Crippen LogP contribution >= 0.6 is 0 Å². The summed E-state index contributed by atoms with van der Waals surface area (Å²) in [5.74, 6) is -0.489. The predicted molar refractivity (Wildman–Crippen MR) is 139 cm³/mol. The molecule has 0 bridgehead atoms. The lowest BCUT2D eigenvalue weighted by molar-refractivity contribution is -0.143. The quantitative estimate of drug-likeness (QED) is 0.278. The van der Waals surface area contributed by atoms with Crippen molar-refractivity contribution in [2.45, 2.75) is 70.3 Å². The Morgan fingerprint density at radius 3 is 1.62 bits per heavy atom. The van der Waals surface area contributed by atoms with Crippen molar-refractivity contribution in [2.24, 2.45) is 0 Å². The third-order valence-corrected chi connectivity index (χ3v) is 6.03. The van der Waals surface area contributed by atoms with Gasteiger partial charge in [0.2, 0.25) is 0 Å². The average molecular weight is 568 g/mol. The number of hydrogen-bond donors (Lipinski definition) is 1. The maximum absolute atomic E-state index is 13.4. The normalized spacial score (nSPS) is 14.1. The first-order valence-electron chi connectivity index (χ1n) is 12.5. The number of alkyl carbamates (subject to hydrolysis) is 1. The van der Waals surface area contributed by atoms with E-state index in [4.69, 9.17) is 9.47 Å². The number of benzene rings is 3. The van der Waals surface area contributed by atoms with Crippen LogP contribution in [0.1, 0.15) is 61.4 Å². The molecule has 0 aliphatic carbocycles. The Hall–Kier alpha value is -3.53. The number of alkyl halides is 6. The Kier molecular flexibility index (Phi) is 9.56. The van der Waals surface area contributed by atoms with Crippen molar-refractivity contribution in [3.8, 4) is 0 Å². The molecular formula is C30H31F6NO3. The zero-order valence-electron chi connectivity index (χ0n) is 22.4. The molecule has 0 heterocycles. The molecule has 2 unspecified atom stereocenters. The van der Waals surface area contributed by atoms with Crippen LogP contribution in [0.15, 0.2) is 78.9 Å². The lowest BCUT2D eigenvalue weighted by atomic mass is 9.83. The number of hydrogen-bond acceptors (Lipinski definition) is 3. The summed E-state index contributed by atoms with van der Waals surface area (Å²) >= 11 is 0. The van der Waals surface area contributed by atoms with E-state index in [9.17, 15) is 31.1 Å². The van der Waals surface area contributed by atoms with Gasteiger partial charge in [0.1, 0.15) is 5.60 Å². The van der Waals surface area contributed by atoms with Gasteiger partial charge in [0.25, 0.3) is 0 Å². The molecule has 0 saturated carbocycles. The summed E-state index contributed by atoms with van der Waals surface area (Å²) in [7, 11) is 0. The smallest absolute Gasteiger partial charge is 0.416 e. The molecule has 0 radical (unpaired) electrons. The molecule has 10 heteroatoms. The van der Waals surface area contributed by atoms with Gasteiger partial charge in [-0.25, -0.2) is 4.79 Å². The standard InChI is InChI=1S/C30H31F6NO3/c1-19(39-18-20-15-23(29(31,32)33)17-24(16-20)30(34,35)36)26(37-27(38)40-28(2,3)4)25(21-11-7-5-8-12-21)22-13-9-6-10-14-22/h5-17,19,25-26H,18H2,1-4H3,(H,37,38). The third-order valence-electron chi connectivity index (χ3n) is 6.03. The van der Waals surface area contributed by atoms with Gasteiger partial charge in [-0.15, -0.1) is 0 Å². The molecule has 2 atom stereocenters. The second kappa shape index (κ2) is 12.3. The van der Waals surface area contributed by atoms with Crippen LogP contribution in [-0.4, -0.2) is 23.8 Å². The van der Waals surface area contributed by atoms with Crippen LogP contribution in [0.3, 0.4) is 0 Å². The van der Waals surface area contributed by atoms with Crippen molar-refractivity contribution in [2.75, 3.05) is 0 Å². The topological polar surface area (TPSA) is 47.6 Å². The number of halogens is 6. The summed E-state index contributed by atoms with van der Waals surface area (Å²) in [5, 5.41) is 2.83. The molecule has 0 fully saturated rings. The minimum atomic E-state index is -4.98. The van der Waals surface area contributed by atoms with Crippen LogP contribution < -0.4 is 5.32 Å². The van der Waals surface area contributed by atoms with E-state index in [1.807, 2.05) is 60.7 Å². The molecule has 1 amide bonds. The van der Waals surface area contributed by atoms with E-state index < -0.39 is 59.8 Å². The van der Waals surface area contributed by atoms with Gasteiger partial charge in [0.15, 0.2) is 0 Å². The summed E-state index contributed by atoms with van der Waals surface area (Å²) in [6, 6.07) is 18.9. The van der Waals surface area contributed by atoms with Gasteiger partial charge in [0, 0.05) is 5.92 Å². The van der Waals surface area contributed by atoms with Gasteiger partial charge < -0.3 is 14.8 Å². The van der Waals surface area contributed by atoms with E-state index in [0.717, 1.165) is 11.1 Å². The number of carbonyl (C=O) groups is 1. The zero-order valence-corrected chi connectivity index (χ0v) is 22.4. The van der Waals surface area contributed by atoms with E-state index in [1.54, 1.807) is 27.7 Å². The maximum Gasteiger partial charge on any atom is 0.416 e. The maximum atomic E-state index is 13.4. The van der Waals surface area contributed by atoms with Crippen LogP contribution in [-0.2, 0) is 28.4 Å². The molecular weight excluding hydrogens is 536 g/mol. The molecule has 0 saturated heterocycles. The van der Waals surface area contributed by atoms with Gasteiger partial charge >= 0.3 is 18.4 Å². The van der Waals surface area contributed by atoms with Gasteiger partial charge in [0.05, 0.1) is 29.9 Å². The second-order valence-corrected chi connectivity index (χ2v) is 10.4. The monoisotopic (exact) mass is 567 g/mol. The van der Waals surface area contributed by atoms with Crippen LogP contribution in [0.4, 0.5) is 31.1 Å². The average Bonchev–Trinajstić information content (AvgIpc) is 2.86. The Labute approximate surface area is 229 Å². The Morgan fingerprint density at radius 2 is 1.23 bits per heavy atom. The van der Waals surface area contributed by atoms with Gasteiger partial charge in [-0.2, -0.15) is 26.3 Å². The minimum absolute atomic E-state index is 0.0701. The van der Waals surface area contributed by atoms with E-state index in [0.29, 0.717) is 12.1 Å². The fraction of sp³-hybridized carbons (Fsp3) is 0.367. The summed E-state index contributed by atoms with van der Waals surface area (Å²) in [4.78, 5) is 12.9. The highest BCUT2D eigenvalue weighted by Crippen LogP contribution is 2.37. The predicted octanol–water partition coefficient (Wildman–Crippen LogP) is 8.35. The molecule has 0 aliphatic heterocycles. The number of carbonyl (C=O) groups excluding carboxylic acids is 1. The van der Waals surface area contributed by atoms with Crippen LogP contribution in [0.2, 0.25) is 0 Å². The first-order chi connectivity index (χ1) is 18.5. The summed E-state index contributed by atoms with van der Waals surface area (Å²) in [5.41, 5.74) is -2.36. The number of amides is 1. The molecule has 3 aromatic rings. The Morgan fingerprint density at radius 1 is 0.775 bits per heavy atom. The number of rotatable bonds is 8. The molecule has 0 aromatic heterocycles. The fourth-order valence-electron chi connectivity index (χ4n) is 4.28. The van der Waals surface area contributed by atoms with Gasteiger partial charge in [-0.05, 0) is 62.6 Å². The number of ether oxygens (including phenoxy) is 2.